The Morgan fingerprint density at radius 3 is 2.73 bits per heavy atom. The molecule has 3 heterocycles. The van der Waals surface area contributed by atoms with Crippen molar-refractivity contribution < 1.29 is 13.9 Å². The maximum absolute atomic E-state index is 14.2. The van der Waals surface area contributed by atoms with Crippen LogP contribution in [0.2, 0.25) is 0 Å². The van der Waals surface area contributed by atoms with Crippen molar-refractivity contribution in [3.63, 3.8) is 0 Å². The highest BCUT2D eigenvalue weighted by molar-refractivity contribution is 7.17. The van der Waals surface area contributed by atoms with E-state index in [-0.39, 0.29) is 23.1 Å². The van der Waals surface area contributed by atoms with Crippen LogP contribution in [-0.2, 0) is 0 Å². The molecule has 5 aromatic rings. The molecule has 0 amide bonds. The maximum Gasteiger partial charge on any atom is 0.246 e. The van der Waals surface area contributed by atoms with Crippen molar-refractivity contribution in [3.05, 3.63) is 88.6 Å². The van der Waals surface area contributed by atoms with E-state index >= 15 is 0 Å². The molecule has 0 saturated heterocycles. The van der Waals surface area contributed by atoms with Gasteiger partial charge in [0.1, 0.15) is 23.0 Å². The summed E-state index contributed by atoms with van der Waals surface area (Å²) in [6.07, 6.45) is 1.65. The number of aromatic amines is 1. The van der Waals surface area contributed by atoms with Gasteiger partial charge < -0.3 is 9.72 Å². The summed E-state index contributed by atoms with van der Waals surface area (Å²) in [6, 6.07) is 14.3. The SMILES string of the molecule is COc1ccc(C(=O)c2ncc(-c3ccc(C)c(C)c3)[nH]2)nc1-c1csc2c(F)cccc12. The van der Waals surface area contributed by atoms with Gasteiger partial charge >= 0.3 is 0 Å². The molecule has 1 N–H and O–H groups in total. The fraction of sp³-hybridized carbons (Fsp3) is 0.115. The Kier molecular flexibility index (Phi) is 5.26. The largest absolute Gasteiger partial charge is 0.494 e. The number of rotatable bonds is 5. The molecule has 0 aliphatic rings. The fourth-order valence-corrected chi connectivity index (χ4v) is 4.71. The Balaban J connectivity index is 1.54. The van der Waals surface area contributed by atoms with Gasteiger partial charge in [-0.1, -0.05) is 24.3 Å². The molecule has 0 atom stereocenters. The molecule has 0 aliphatic heterocycles. The lowest BCUT2D eigenvalue weighted by Gasteiger charge is -2.09. The number of ketones is 1. The number of nitrogens with one attached hydrogen (secondary N) is 1. The molecule has 0 fully saturated rings. The number of fused-ring (bicyclic) bond motifs is 1. The number of ether oxygens (including phenoxy) is 1. The van der Waals surface area contributed by atoms with Crippen LogP contribution in [0, 0.1) is 19.7 Å². The van der Waals surface area contributed by atoms with Crippen LogP contribution in [-0.4, -0.2) is 27.8 Å². The highest BCUT2D eigenvalue weighted by Crippen LogP contribution is 2.38. The molecule has 0 bridgehead atoms. The lowest BCUT2D eigenvalue weighted by atomic mass is 10.0. The van der Waals surface area contributed by atoms with Gasteiger partial charge in [-0.2, -0.15) is 0 Å². The third-order valence-electron chi connectivity index (χ3n) is 5.73. The average Bonchev–Trinajstić information content (AvgIpc) is 3.48. The van der Waals surface area contributed by atoms with E-state index < -0.39 is 0 Å². The number of H-pyrrole nitrogens is 1. The van der Waals surface area contributed by atoms with Crippen molar-refractivity contribution in [2.45, 2.75) is 13.8 Å². The number of carbonyl (C=O) groups excluding carboxylic acids is 1. The topological polar surface area (TPSA) is 67.9 Å². The monoisotopic (exact) mass is 457 g/mol. The van der Waals surface area contributed by atoms with E-state index in [0.29, 0.717) is 16.1 Å². The zero-order valence-electron chi connectivity index (χ0n) is 18.3. The quantitative estimate of drug-likeness (QED) is 0.312. The smallest absolute Gasteiger partial charge is 0.246 e. The maximum atomic E-state index is 14.2. The number of aryl methyl sites for hydroxylation is 2. The number of hydrogen-bond acceptors (Lipinski definition) is 5. The van der Waals surface area contributed by atoms with Gasteiger partial charge in [-0.3, -0.25) is 4.79 Å². The van der Waals surface area contributed by atoms with Gasteiger partial charge in [-0.05, 0) is 54.8 Å². The zero-order chi connectivity index (χ0) is 23.1. The Morgan fingerprint density at radius 1 is 1.09 bits per heavy atom. The first kappa shape index (κ1) is 21.0. The molecule has 7 heteroatoms. The number of halogens is 1. The third-order valence-corrected chi connectivity index (χ3v) is 6.73. The number of carbonyl (C=O) groups is 1. The van der Waals surface area contributed by atoms with Crippen LogP contribution in [0.3, 0.4) is 0 Å². The minimum Gasteiger partial charge on any atom is -0.494 e. The second-order valence-electron chi connectivity index (χ2n) is 7.79. The molecular formula is C26H20FN3O2S. The molecule has 0 radical (unpaired) electrons. The first-order chi connectivity index (χ1) is 16.0. The minimum atomic E-state index is -0.334. The second-order valence-corrected chi connectivity index (χ2v) is 8.67. The van der Waals surface area contributed by atoms with Gasteiger partial charge in [-0.25, -0.2) is 14.4 Å². The van der Waals surface area contributed by atoms with Crippen LogP contribution in [0.4, 0.5) is 4.39 Å². The highest BCUT2D eigenvalue weighted by Gasteiger charge is 2.20. The minimum absolute atomic E-state index is 0.202. The molecule has 3 aromatic heterocycles. The van der Waals surface area contributed by atoms with Gasteiger partial charge in [0.2, 0.25) is 5.78 Å². The summed E-state index contributed by atoms with van der Waals surface area (Å²) in [5.41, 5.74) is 5.51. The lowest BCUT2D eigenvalue weighted by Crippen LogP contribution is -2.07. The number of benzene rings is 2. The van der Waals surface area contributed by atoms with Crippen LogP contribution in [0.5, 0.6) is 5.75 Å². The Morgan fingerprint density at radius 2 is 1.94 bits per heavy atom. The van der Waals surface area contributed by atoms with Crippen molar-refractivity contribution >= 4 is 27.2 Å². The van der Waals surface area contributed by atoms with E-state index in [1.54, 1.807) is 31.5 Å². The normalized spacial score (nSPS) is 11.2. The zero-order valence-corrected chi connectivity index (χ0v) is 19.1. The van der Waals surface area contributed by atoms with Gasteiger partial charge in [0.15, 0.2) is 5.82 Å². The predicted octanol–water partition coefficient (Wildman–Crippen LogP) is 6.35. The van der Waals surface area contributed by atoms with E-state index in [4.69, 9.17) is 4.74 Å². The summed E-state index contributed by atoms with van der Waals surface area (Å²) in [6.45, 7) is 4.10. The van der Waals surface area contributed by atoms with Crippen molar-refractivity contribution in [2.24, 2.45) is 0 Å². The van der Waals surface area contributed by atoms with Crippen molar-refractivity contribution in [3.8, 4) is 28.3 Å². The standard InChI is InChI=1S/C26H20FN3O2S/c1-14-7-8-16(11-15(14)2)21-12-28-26(30-21)24(31)20-9-10-22(32-3)23(29-20)18-13-33-25-17(18)5-4-6-19(25)27/h4-13H,1-3H3,(H,28,30). The van der Waals surface area contributed by atoms with Crippen LogP contribution in [0.15, 0.2) is 60.1 Å². The number of aromatic nitrogens is 3. The number of methoxy groups -OCH3 is 1. The molecule has 5 nitrogen and oxygen atoms in total. The van der Waals surface area contributed by atoms with Gasteiger partial charge in [0.05, 0.1) is 23.7 Å². The van der Waals surface area contributed by atoms with Gasteiger partial charge in [0.25, 0.3) is 0 Å². The summed E-state index contributed by atoms with van der Waals surface area (Å²) in [4.78, 5) is 25.2. The Bertz CT molecular complexity index is 1520. The first-order valence-electron chi connectivity index (χ1n) is 10.3. The van der Waals surface area contributed by atoms with E-state index in [1.807, 2.05) is 30.5 Å². The molecule has 0 aliphatic carbocycles. The van der Waals surface area contributed by atoms with E-state index in [1.165, 1.54) is 23.0 Å². The fourth-order valence-electron chi connectivity index (χ4n) is 3.75. The van der Waals surface area contributed by atoms with Crippen LogP contribution >= 0.6 is 11.3 Å². The van der Waals surface area contributed by atoms with E-state index in [0.717, 1.165) is 27.8 Å². The van der Waals surface area contributed by atoms with Crippen molar-refractivity contribution in [1.82, 2.24) is 15.0 Å². The summed E-state index contributed by atoms with van der Waals surface area (Å²) in [5, 5.41) is 2.56. The summed E-state index contributed by atoms with van der Waals surface area (Å²) in [7, 11) is 1.54. The number of nitrogens with zero attached hydrogens (tertiary/aromatic N) is 2. The lowest BCUT2D eigenvalue weighted by molar-refractivity contribution is 0.102. The molecule has 2 aromatic carbocycles. The number of pyridine rings is 1. The third kappa shape index (κ3) is 3.70. The molecule has 164 valence electrons. The van der Waals surface area contributed by atoms with E-state index in [2.05, 4.69) is 27.9 Å². The molecule has 0 spiro atoms. The second kappa shape index (κ2) is 8.26. The average molecular weight is 458 g/mol. The summed E-state index contributed by atoms with van der Waals surface area (Å²) >= 11 is 1.29. The number of imidazole rings is 1. The molecule has 5 rings (SSSR count). The first-order valence-corrected chi connectivity index (χ1v) is 11.2. The molecular weight excluding hydrogens is 437 g/mol. The predicted molar refractivity (Wildman–Crippen MR) is 128 cm³/mol. The Hall–Kier alpha value is -3.84. The summed E-state index contributed by atoms with van der Waals surface area (Å²) in [5.74, 6) is 0.0861. The number of hydrogen-bond donors (Lipinski definition) is 1. The Labute approximate surface area is 193 Å². The van der Waals surface area contributed by atoms with Crippen molar-refractivity contribution in [2.75, 3.05) is 7.11 Å². The van der Waals surface area contributed by atoms with E-state index in [9.17, 15) is 9.18 Å². The van der Waals surface area contributed by atoms with Crippen LogP contribution in [0.1, 0.15) is 27.4 Å². The molecule has 33 heavy (non-hydrogen) atoms. The van der Waals surface area contributed by atoms with Crippen molar-refractivity contribution in [1.29, 1.82) is 0 Å². The van der Waals surface area contributed by atoms with Gasteiger partial charge in [-0.15, -0.1) is 11.3 Å². The highest BCUT2D eigenvalue weighted by atomic mass is 32.1. The van der Waals surface area contributed by atoms with Crippen LogP contribution < -0.4 is 4.74 Å². The van der Waals surface area contributed by atoms with Crippen LogP contribution in [0.25, 0.3) is 32.6 Å². The molecule has 0 saturated carbocycles. The molecule has 0 unspecified atom stereocenters. The van der Waals surface area contributed by atoms with Gasteiger partial charge in [0, 0.05) is 16.3 Å². The number of thiophene rings is 1. The summed E-state index contributed by atoms with van der Waals surface area (Å²) < 4.78 is 20.2.